The molecule has 0 heterocycles. The van der Waals surface area contributed by atoms with E-state index in [1.807, 2.05) is 24.3 Å². The molecule has 0 atom stereocenters. The monoisotopic (exact) mass is 673 g/mol. The first-order valence-electron chi connectivity index (χ1n) is 15.6. The van der Waals surface area contributed by atoms with Gasteiger partial charge in [-0.2, -0.15) is 5.10 Å². The summed E-state index contributed by atoms with van der Waals surface area (Å²) in [7, 11) is 6.87. The number of nitrogens with one attached hydrogen (secondary N) is 1. The minimum Gasteiger partial charge on any atom is -1.00 e. The van der Waals surface area contributed by atoms with Crippen molar-refractivity contribution >= 4 is 22.9 Å². The van der Waals surface area contributed by atoms with E-state index in [0.29, 0.717) is 0 Å². The van der Waals surface area contributed by atoms with Crippen molar-refractivity contribution in [3.05, 3.63) is 59.7 Å². The van der Waals surface area contributed by atoms with Gasteiger partial charge >= 0.3 is 0 Å². The highest BCUT2D eigenvalue weighted by atomic mass is 79.9. The lowest BCUT2D eigenvalue weighted by Crippen LogP contribution is -3.00. The number of phenols is 4. The van der Waals surface area contributed by atoms with Gasteiger partial charge in [0, 0.05) is 11.6 Å². The van der Waals surface area contributed by atoms with E-state index in [-0.39, 0.29) is 39.6 Å². The van der Waals surface area contributed by atoms with Gasteiger partial charge in [0.1, 0.15) is 11.5 Å². The number of fused-ring (bicyclic) bond motifs is 1. The summed E-state index contributed by atoms with van der Waals surface area (Å²) in [6.07, 6.45) is 18.5. The predicted octanol–water partition coefficient (Wildman–Crippen LogP) is 4.82. The number of unbranched alkanes of at least 4 members (excludes halogenated alkanes) is 11. The summed E-state index contributed by atoms with van der Waals surface area (Å²) in [5.74, 6) is -2.04. The standard InChI is InChI=1S/C18H14N2O5.C17H38N.BrH/c21-14-8-17(24)16(23)7-12(14)9-19-20-18(25)13-5-10-3-1-2-4-11(10)6-15(13)22;1-5-6-7-8-9-10-11-12-13-14-15-16-17-18(2,3)4;/h1-9,21-24H,(H,20,25);5-17H2,1-4H3;1H/q;+1;/p-1. The number of quaternary nitrogens is 1. The summed E-state index contributed by atoms with van der Waals surface area (Å²) in [6.45, 7) is 3.62. The lowest BCUT2D eigenvalue weighted by atomic mass is 10.1. The average Bonchev–Trinajstić information content (AvgIpc) is 2.95. The summed E-state index contributed by atoms with van der Waals surface area (Å²) in [5.41, 5.74) is 2.37. The molecule has 3 aromatic carbocycles. The Labute approximate surface area is 273 Å². The molecular weight excluding hydrogens is 622 g/mol. The van der Waals surface area contributed by atoms with Gasteiger partial charge in [-0.3, -0.25) is 4.79 Å². The summed E-state index contributed by atoms with van der Waals surface area (Å²) < 4.78 is 1.12. The van der Waals surface area contributed by atoms with Crippen molar-refractivity contribution < 1.29 is 46.7 Å². The number of phenolic OH excluding ortho intramolecular Hbond substituents is 4. The minimum absolute atomic E-state index is 0. The van der Waals surface area contributed by atoms with Crippen molar-refractivity contribution in [2.75, 3.05) is 27.7 Å². The maximum Gasteiger partial charge on any atom is 0.275 e. The Kier molecular flexibility index (Phi) is 18.1. The van der Waals surface area contributed by atoms with E-state index in [4.69, 9.17) is 0 Å². The zero-order valence-electron chi connectivity index (χ0n) is 26.9. The molecule has 44 heavy (non-hydrogen) atoms. The van der Waals surface area contributed by atoms with Crippen molar-refractivity contribution in [3.8, 4) is 23.0 Å². The van der Waals surface area contributed by atoms with E-state index >= 15 is 0 Å². The van der Waals surface area contributed by atoms with Gasteiger partial charge < -0.3 is 41.9 Å². The fourth-order valence-corrected chi connectivity index (χ4v) is 4.74. The molecule has 9 heteroatoms. The van der Waals surface area contributed by atoms with Gasteiger partial charge in [-0.15, -0.1) is 0 Å². The third kappa shape index (κ3) is 14.9. The number of nitrogens with zero attached hydrogens (tertiary/aromatic N) is 2. The number of hydrazone groups is 1. The molecule has 0 aliphatic heterocycles. The zero-order valence-corrected chi connectivity index (χ0v) is 28.4. The van der Waals surface area contributed by atoms with E-state index in [0.717, 1.165) is 33.6 Å². The van der Waals surface area contributed by atoms with Crippen molar-refractivity contribution in [3.63, 3.8) is 0 Å². The third-order valence-corrected chi connectivity index (χ3v) is 7.28. The second kappa shape index (κ2) is 20.6. The van der Waals surface area contributed by atoms with Crippen LogP contribution in [0.5, 0.6) is 23.0 Å². The molecular formula is C35H52BrN3O5. The van der Waals surface area contributed by atoms with Crippen LogP contribution in [0.25, 0.3) is 10.8 Å². The molecule has 0 fully saturated rings. The van der Waals surface area contributed by atoms with Crippen LogP contribution >= 0.6 is 0 Å². The molecule has 0 saturated heterocycles. The van der Waals surface area contributed by atoms with Crippen LogP contribution in [0.2, 0.25) is 0 Å². The lowest BCUT2D eigenvalue weighted by Gasteiger charge is -2.23. The quantitative estimate of drug-likeness (QED) is 0.0373. The molecule has 3 rings (SSSR count). The SMILES string of the molecule is CCCCCCCCCCCCCC[N+](C)(C)C.O=C(NN=Cc1cc(O)c(O)cc1O)c1cc2ccccc2cc1O.[Br-]. The highest BCUT2D eigenvalue weighted by Crippen LogP contribution is 2.31. The predicted molar refractivity (Wildman–Crippen MR) is 176 cm³/mol. The van der Waals surface area contributed by atoms with E-state index in [1.165, 1.54) is 89.7 Å². The normalized spacial score (nSPS) is 11.2. The molecule has 5 N–H and O–H groups in total. The molecule has 0 aliphatic rings. The minimum atomic E-state index is -0.637. The van der Waals surface area contributed by atoms with Crippen molar-refractivity contribution in [2.24, 2.45) is 5.10 Å². The molecule has 1 amide bonds. The van der Waals surface area contributed by atoms with Crippen molar-refractivity contribution in [1.82, 2.24) is 5.43 Å². The number of rotatable bonds is 16. The van der Waals surface area contributed by atoms with Gasteiger partial charge in [0.2, 0.25) is 0 Å². The Morgan fingerprint density at radius 3 is 1.75 bits per heavy atom. The molecule has 0 saturated carbocycles. The van der Waals surface area contributed by atoms with Crippen LogP contribution in [0.3, 0.4) is 0 Å². The van der Waals surface area contributed by atoms with Crippen LogP contribution in [0.1, 0.15) is 99.9 Å². The zero-order chi connectivity index (χ0) is 31.7. The largest absolute Gasteiger partial charge is 1.00 e. The van der Waals surface area contributed by atoms with Gasteiger partial charge in [-0.1, -0.05) is 95.4 Å². The molecule has 0 unspecified atom stereocenters. The smallest absolute Gasteiger partial charge is 0.275 e. The van der Waals surface area contributed by atoms with Gasteiger partial charge in [0.05, 0.1) is 39.5 Å². The van der Waals surface area contributed by atoms with Gasteiger partial charge in [-0.25, -0.2) is 5.43 Å². The Morgan fingerprint density at radius 1 is 0.705 bits per heavy atom. The van der Waals surface area contributed by atoms with Crippen molar-refractivity contribution in [1.29, 1.82) is 0 Å². The Bertz CT molecular complexity index is 1310. The third-order valence-electron chi connectivity index (χ3n) is 7.28. The molecule has 8 nitrogen and oxygen atoms in total. The lowest BCUT2D eigenvalue weighted by molar-refractivity contribution is -0.870. The highest BCUT2D eigenvalue weighted by Gasteiger charge is 2.12. The van der Waals surface area contributed by atoms with Crippen LogP contribution in [0.4, 0.5) is 0 Å². The number of aromatic hydroxyl groups is 4. The number of carbonyl (C=O) groups excluding carboxylic acids is 1. The summed E-state index contributed by atoms with van der Waals surface area (Å²) >= 11 is 0. The highest BCUT2D eigenvalue weighted by molar-refractivity contribution is 6.01. The van der Waals surface area contributed by atoms with Gasteiger partial charge in [0.15, 0.2) is 11.5 Å². The molecule has 0 spiro atoms. The topological polar surface area (TPSA) is 122 Å². The van der Waals surface area contributed by atoms with Crippen LogP contribution in [0.15, 0.2) is 53.6 Å². The first-order chi connectivity index (χ1) is 20.5. The maximum atomic E-state index is 12.2. The number of carbonyl (C=O) groups is 1. The van der Waals surface area contributed by atoms with E-state index in [9.17, 15) is 25.2 Å². The average molecular weight is 675 g/mol. The number of hydrogen-bond donors (Lipinski definition) is 5. The van der Waals surface area contributed by atoms with Crippen LogP contribution < -0.4 is 22.4 Å². The number of benzene rings is 3. The van der Waals surface area contributed by atoms with Crippen LogP contribution in [-0.2, 0) is 0 Å². The Balaban J connectivity index is 0.000000456. The summed E-state index contributed by atoms with van der Waals surface area (Å²) in [4.78, 5) is 12.2. The first kappa shape index (κ1) is 38.7. The molecule has 0 bridgehead atoms. The fraction of sp³-hybridized carbons (Fsp3) is 0.486. The van der Waals surface area contributed by atoms with E-state index < -0.39 is 17.4 Å². The van der Waals surface area contributed by atoms with Crippen LogP contribution in [-0.4, -0.2) is 64.7 Å². The number of amides is 1. The summed E-state index contributed by atoms with van der Waals surface area (Å²) in [5, 5.41) is 43.6. The molecule has 3 aromatic rings. The fourth-order valence-electron chi connectivity index (χ4n) is 4.74. The molecule has 244 valence electrons. The van der Waals surface area contributed by atoms with E-state index in [1.54, 1.807) is 6.07 Å². The number of hydrogen-bond acceptors (Lipinski definition) is 6. The van der Waals surface area contributed by atoms with Crippen molar-refractivity contribution in [2.45, 2.75) is 84.0 Å². The molecule has 0 aliphatic carbocycles. The molecule has 0 aromatic heterocycles. The summed E-state index contributed by atoms with van der Waals surface area (Å²) in [6, 6.07) is 12.3. The van der Waals surface area contributed by atoms with E-state index in [2.05, 4.69) is 38.6 Å². The Hall–Kier alpha value is -3.30. The molecule has 0 radical (unpaired) electrons. The first-order valence-corrected chi connectivity index (χ1v) is 15.6. The maximum absolute atomic E-state index is 12.2. The second-order valence-corrected chi connectivity index (χ2v) is 12.2. The Morgan fingerprint density at radius 2 is 1.20 bits per heavy atom. The number of halogens is 1. The van der Waals surface area contributed by atoms with Crippen LogP contribution in [0, 0.1) is 0 Å². The second-order valence-electron chi connectivity index (χ2n) is 12.2. The van der Waals surface area contributed by atoms with Gasteiger partial charge in [0.25, 0.3) is 5.91 Å². The van der Waals surface area contributed by atoms with Gasteiger partial charge in [-0.05, 0) is 41.8 Å².